The number of rotatable bonds is 3. The van der Waals surface area contributed by atoms with Crippen molar-refractivity contribution in [1.82, 2.24) is 9.97 Å². The van der Waals surface area contributed by atoms with Crippen molar-refractivity contribution in [3.05, 3.63) is 17.0 Å². The third-order valence-corrected chi connectivity index (χ3v) is 2.23. The first kappa shape index (κ1) is 10.7. The van der Waals surface area contributed by atoms with Crippen LogP contribution in [0.5, 0.6) is 0 Å². The molecule has 0 aliphatic carbocycles. The minimum atomic E-state index is 0.104. The normalized spacial score (nSPS) is 12.6. The Labute approximate surface area is 91.3 Å². The van der Waals surface area contributed by atoms with Gasteiger partial charge in [0.25, 0.3) is 0 Å². The fourth-order valence-corrected chi connectivity index (χ4v) is 1.78. The van der Waals surface area contributed by atoms with Gasteiger partial charge in [0.05, 0.1) is 4.47 Å². The summed E-state index contributed by atoms with van der Waals surface area (Å²) in [5, 5.41) is 0.104. The molecule has 0 aliphatic heterocycles. The maximum absolute atomic E-state index is 5.87. The van der Waals surface area contributed by atoms with Crippen molar-refractivity contribution in [1.29, 1.82) is 0 Å². The topological polar surface area (TPSA) is 29.0 Å². The molecule has 13 heavy (non-hydrogen) atoms. The quantitative estimate of drug-likeness (QED) is 0.785. The summed E-state index contributed by atoms with van der Waals surface area (Å²) in [6.45, 7) is 2.71. The van der Waals surface area contributed by atoms with E-state index < -0.39 is 0 Å². The van der Waals surface area contributed by atoms with E-state index in [2.05, 4.69) is 25.9 Å². The lowest BCUT2D eigenvalue weighted by Gasteiger charge is -2.19. The molecule has 0 spiro atoms. The van der Waals surface area contributed by atoms with Gasteiger partial charge in [-0.3, -0.25) is 0 Å². The van der Waals surface area contributed by atoms with E-state index in [9.17, 15) is 0 Å². The number of hydrogen-bond donors (Lipinski definition) is 0. The van der Waals surface area contributed by atoms with E-state index in [0.29, 0.717) is 0 Å². The molecule has 0 saturated heterocycles. The molecule has 1 aromatic heterocycles. The molecule has 5 heteroatoms. The van der Waals surface area contributed by atoms with Crippen LogP contribution in [0.25, 0.3) is 0 Å². The van der Waals surface area contributed by atoms with Crippen LogP contribution in [0.15, 0.2) is 17.0 Å². The summed E-state index contributed by atoms with van der Waals surface area (Å²) >= 11 is 9.25. The van der Waals surface area contributed by atoms with Crippen LogP contribution in [0.4, 0.5) is 5.82 Å². The molecule has 0 bridgehead atoms. The number of alkyl halides is 1. The minimum absolute atomic E-state index is 0.104. The fourth-order valence-electron chi connectivity index (χ4n) is 1.05. The van der Waals surface area contributed by atoms with E-state index in [1.165, 1.54) is 6.33 Å². The van der Waals surface area contributed by atoms with E-state index >= 15 is 0 Å². The standard InChI is InChI=1S/C8H11BrClN3/c1-6(10)4-13(2)8-7(9)3-11-5-12-8/h3,5-6H,4H2,1-2H3. The van der Waals surface area contributed by atoms with E-state index in [-0.39, 0.29) is 5.38 Å². The number of halogens is 2. The van der Waals surface area contributed by atoms with Crippen LogP contribution in [-0.2, 0) is 0 Å². The molecule has 1 heterocycles. The summed E-state index contributed by atoms with van der Waals surface area (Å²) in [5.74, 6) is 0.863. The molecule has 1 rings (SSSR count). The smallest absolute Gasteiger partial charge is 0.146 e. The molecule has 0 fully saturated rings. The zero-order chi connectivity index (χ0) is 9.84. The van der Waals surface area contributed by atoms with Crippen molar-refractivity contribution < 1.29 is 0 Å². The Kier molecular flexibility index (Phi) is 3.93. The third kappa shape index (κ3) is 3.12. The second kappa shape index (κ2) is 4.77. The lowest BCUT2D eigenvalue weighted by atomic mass is 10.4. The lowest BCUT2D eigenvalue weighted by molar-refractivity contribution is 0.838. The third-order valence-electron chi connectivity index (χ3n) is 1.54. The number of nitrogens with zero attached hydrogens (tertiary/aromatic N) is 3. The summed E-state index contributed by atoms with van der Waals surface area (Å²) in [5.41, 5.74) is 0. The summed E-state index contributed by atoms with van der Waals surface area (Å²) in [6.07, 6.45) is 3.24. The Morgan fingerprint density at radius 2 is 2.38 bits per heavy atom. The number of aromatic nitrogens is 2. The average molecular weight is 265 g/mol. The molecule has 0 amide bonds. The Bertz CT molecular complexity index is 280. The Morgan fingerprint density at radius 1 is 1.69 bits per heavy atom. The molecule has 72 valence electrons. The Balaban J connectivity index is 2.76. The van der Waals surface area contributed by atoms with Gasteiger partial charge in [-0.15, -0.1) is 11.6 Å². The van der Waals surface area contributed by atoms with Crippen molar-refractivity contribution in [3.63, 3.8) is 0 Å². The van der Waals surface area contributed by atoms with Crippen molar-refractivity contribution >= 4 is 33.3 Å². The predicted molar refractivity (Wildman–Crippen MR) is 58.3 cm³/mol. The van der Waals surface area contributed by atoms with Gasteiger partial charge in [-0.25, -0.2) is 9.97 Å². The maximum atomic E-state index is 5.87. The summed E-state index contributed by atoms with van der Waals surface area (Å²) < 4.78 is 0.884. The second-order valence-corrected chi connectivity index (χ2v) is 4.45. The molecule has 0 radical (unpaired) electrons. The highest BCUT2D eigenvalue weighted by atomic mass is 79.9. The Morgan fingerprint density at radius 3 is 2.92 bits per heavy atom. The van der Waals surface area contributed by atoms with Crippen LogP contribution < -0.4 is 4.90 Å². The molecule has 1 atom stereocenters. The summed E-state index contributed by atoms with van der Waals surface area (Å²) in [4.78, 5) is 10.0. The number of hydrogen-bond acceptors (Lipinski definition) is 3. The van der Waals surface area contributed by atoms with Gasteiger partial charge in [-0.1, -0.05) is 0 Å². The van der Waals surface area contributed by atoms with Crippen LogP contribution in [0, 0.1) is 0 Å². The SMILES string of the molecule is CC(Cl)CN(C)c1ncncc1Br. The summed E-state index contributed by atoms with van der Waals surface area (Å²) in [6, 6.07) is 0. The highest BCUT2D eigenvalue weighted by Crippen LogP contribution is 2.21. The van der Waals surface area contributed by atoms with Crippen LogP contribution in [0.2, 0.25) is 0 Å². The molecular weight excluding hydrogens is 253 g/mol. The van der Waals surface area contributed by atoms with Gasteiger partial charge in [-0.2, -0.15) is 0 Å². The zero-order valence-electron chi connectivity index (χ0n) is 7.54. The van der Waals surface area contributed by atoms with E-state index in [1.807, 2.05) is 18.9 Å². The van der Waals surface area contributed by atoms with E-state index in [4.69, 9.17) is 11.6 Å². The van der Waals surface area contributed by atoms with Crippen molar-refractivity contribution in [2.24, 2.45) is 0 Å². The van der Waals surface area contributed by atoms with Gasteiger partial charge < -0.3 is 4.90 Å². The second-order valence-electron chi connectivity index (χ2n) is 2.86. The van der Waals surface area contributed by atoms with Crippen molar-refractivity contribution in [2.75, 3.05) is 18.5 Å². The van der Waals surface area contributed by atoms with Gasteiger partial charge in [0.1, 0.15) is 12.1 Å². The maximum Gasteiger partial charge on any atom is 0.146 e. The van der Waals surface area contributed by atoms with Crippen molar-refractivity contribution in [3.8, 4) is 0 Å². The molecule has 0 aliphatic rings. The van der Waals surface area contributed by atoms with Gasteiger partial charge >= 0.3 is 0 Å². The molecule has 0 aromatic carbocycles. The first-order chi connectivity index (χ1) is 6.11. The minimum Gasteiger partial charge on any atom is -0.357 e. The fraction of sp³-hybridized carbons (Fsp3) is 0.500. The Hall–Kier alpha value is -0.350. The van der Waals surface area contributed by atoms with Crippen LogP contribution in [0.3, 0.4) is 0 Å². The monoisotopic (exact) mass is 263 g/mol. The summed E-state index contributed by atoms with van der Waals surface area (Å²) in [7, 11) is 1.95. The molecule has 3 nitrogen and oxygen atoms in total. The molecule has 0 N–H and O–H groups in total. The highest BCUT2D eigenvalue weighted by molar-refractivity contribution is 9.10. The van der Waals surface area contributed by atoms with Crippen molar-refractivity contribution in [2.45, 2.75) is 12.3 Å². The lowest BCUT2D eigenvalue weighted by Crippen LogP contribution is -2.25. The van der Waals surface area contributed by atoms with Crippen LogP contribution in [0.1, 0.15) is 6.92 Å². The molecular formula is C8H11BrClN3. The molecule has 0 saturated carbocycles. The van der Waals surface area contributed by atoms with E-state index in [1.54, 1.807) is 6.20 Å². The zero-order valence-corrected chi connectivity index (χ0v) is 9.88. The average Bonchev–Trinajstić information content (AvgIpc) is 2.03. The van der Waals surface area contributed by atoms with Gasteiger partial charge in [0, 0.05) is 25.2 Å². The van der Waals surface area contributed by atoms with Crippen LogP contribution >= 0.6 is 27.5 Å². The number of anilines is 1. The molecule has 1 unspecified atom stereocenters. The first-order valence-corrected chi connectivity index (χ1v) is 5.15. The van der Waals surface area contributed by atoms with Crippen LogP contribution in [-0.4, -0.2) is 28.9 Å². The largest absolute Gasteiger partial charge is 0.357 e. The van der Waals surface area contributed by atoms with E-state index in [0.717, 1.165) is 16.8 Å². The highest BCUT2D eigenvalue weighted by Gasteiger charge is 2.08. The van der Waals surface area contributed by atoms with Gasteiger partial charge in [-0.05, 0) is 22.9 Å². The van der Waals surface area contributed by atoms with Gasteiger partial charge in [0.2, 0.25) is 0 Å². The molecule has 1 aromatic rings. The predicted octanol–water partition coefficient (Wildman–Crippen LogP) is 2.30. The first-order valence-electron chi connectivity index (χ1n) is 3.92. The van der Waals surface area contributed by atoms with Gasteiger partial charge in [0.15, 0.2) is 0 Å².